The highest BCUT2D eigenvalue weighted by Gasteiger charge is 2.17. The van der Waals surface area contributed by atoms with Crippen molar-refractivity contribution in [1.29, 1.82) is 0 Å². The van der Waals surface area contributed by atoms with E-state index in [1.165, 1.54) is 0 Å². The molecular formula is C12H16F2N2O. The lowest BCUT2D eigenvalue weighted by atomic mass is 10.2. The molecule has 0 amide bonds. The normalized spacial score (nSPS) is 21.5. The number of hydrogen-bond donors (Lipinski definition) is 1. The summed E-state index contributed by atoms with van der Waals surface area (Å²) in [5, 5.41) is 2.88. The lowest BCUT2D eigenvalue weighted by molar-refractivity contribution is -0.0117. The molecule has 1 aromatic rings. The average molecular weight is 242 g/mol. The van der Waals surface area contributed by atoms with E-state index in [2.05, 4.69) is 10.2 Å². The number of hydrogen-bond acceptors (Lipinski definition) is 3. The van der Waals surface area contributed by atoms with Gasteiger partial charge in [0.2, 0.25) is 0 Å². The molecule has 1 aliphatic rings. The maximum Gasteiger partial charge on any atom is 0.146 e. The van der Waals surface area contributed by atoms with Gasteiger partial charge in [-0.1, -0.05) is 0 Å². The largest absolute Gasteiger partial charge is 0.380 e. The zero-order valence-corrected chi connectivity index (χ0v) is 9.75. The molecule has 1 atom stereocenters. The monoisotopic (exact) mass is 242 g/mol. The van der Waals surface area contributed by atoms with Gasteiger partial charge in [-0.05, 0) is 25.2 Å². The van der Waals surface area contributed by atoms with Crippen LogP contribution in [0.2, 0.25) is 0 Å². The van der Waals surface area contributed by atoms with Crippen molar-refractivity contribution in [2.45, 2.75) is 6.10 Å². The first-order valence-corrected chi connectivity index (χ1v) is 5.64. The van der Waals surface area contributed by atoms with Gasteiger partial charge in [0.1, 0.15) is 11.6 Å². The van der Waals surface area contributed by atoms with Crippen LogP contribution in [0, 0.1) is 11.6 Å². The molecule has 0 saturated carbocycles. The molecule has 1 heterocycles. The predicted octanol–water partition coefficient (Wildman–Crippen LogP) is 1.71. The summed E-state index contributed by atoms with van der Waals surface area (Å²) in [6.07, 6.45) is 0.0106. The Balaban J connectivity index is 1.90. The zero-order valence-electron chi connectivity index (χ0n) is 9.75. The molecule has 1 aliphatic heterocycles. The summed E-state index contributed by atoms with van der Waals surface area (Å²) in [5.41, 5.74) is 0.182. The molecule has 0 radical (unpaired) electrons. The van der Waals surface area contributed by atoms with E-state index in [-0.39, 0.29) is 11.8 Å². The van der Waals surface area contributed by atoms with Crippen LogP contribution in [0.5, 0.6) is 0 Å². The van der Waals surface area contributed by atoms with Crippen molar-refractivity contribution >= 4 is 5.69 Å². The Hall–Kier alpha value is -1.20. The molecule has 0 aromatic heterocycles. The number of anilines is 1. The third-order valence-electron chi connectivity index (χ3n) is 2.79. The molecular weight excluding hydrogens is 226 g/mol. The maximum absolute atomic E-state index is 13.3. The summed E-state index contributed by atoms with van der Waals surface area (Å²) >= 11 is 0. The number of nitrogens with zero attached hydrogens (tertiary/aromatic N) is 1. The smallest absolute Gasteiger partial charge is 0.146 e. The standard InChI is InChI=1S/C12H16F2N2O/c1-16-4-5-17-10(8-16)7-15-12-6-9(13)2-3-11(12)14/h2-3,6,10,15H,4-5,7-8H2,1H3. The van der Waals surface area contributed by atoms with Gasteiger partial charge in [0.05, 0.1) is 18.4 Å². The van der Waals surface area contributed by atoms with E-state index in [9.17, 15) is 8.78 Å². The molecule has 1 N–H and O–H groups in total. The molecule has 1 saturated heterocycles. The minimum atomic E-state index is -0.449. The first-order chi connectivity index (χ1) is 8.15. The molecule has 1 fully saturated rings. The number of benzene rings is 1. The zero-order chi connectivity index (χ0) is 12.3. The van der Waals surface area contributed by atoms with E-state index in [1.54, 1.807) is 0 Å². The van der Waals surface area contributed by atoms with Crippen LogP contribution in [0.15, 0.2) is 18.2 Å². The Morgan fingerprint density at radius 3 is 3.06 bits per heavy atom. The van der Waals surface area contributed by atoms with Crippen LogP contribution in [0.1, 0.15) is 0 Å². The predicted molar refractivity (Wildman–Crippen MR) is 62.1 cm³/mol. The highest BCUT2D eigenvalue weighted by atomic mass is 19.1. The van der Waals surface area contributed by atoms with Gasteiger partial charge in [0.15, 0.2) is 0 Å². The summed E-state index contributed by atoms with van der Waals surface area (Å²) in [6, 6.07) is 3.37. The Morgan fingerprint density at radius 2 is 2.29 bits per heavy atom. The van der Waals surface area contributed by atoms with Gasteiger partial charge in [-0.2, -0.15) is 0 Å². The van der Waals surface area contributed by atoms with Gasteiger partial charge in [-0.15, -0.1) is 0 Å². The van der Waals surface area contributed by atoms with Gasteiger partial charge >= 0.3 is 0 Å². The third kappa shape index (κ3) is 3.38. The van der Waals surface area contributed by atoms with E-state index in [0.717, 1.165) is 31.3 Å². The van der Waals surface area contributed by atoms with Crippen LogP contribution in [0.25, 0.3) is 0 Å². The number of ether oxygens (including phenoxy) is 1. The highest BCUT2D eigenvalue weighted by Crippen LogP contribution is 2.15. The Labute approximate surface area is 99.4 Å². The van der Waals surface area contributed by atoms with Crippen molar-refractivity contribution < 1.29 is 13.5 Å². The molecule has 17 heavy (non-hydrogen) atoms. The highest BCUT2D eigenvalue weighted by molar-refractivity contribution is 5.44. The van der Waals surface area contributed by atoms with Crippen molar-refractivity contribution in [2.75, 3.05) is 38.6 Å². The molecule has 5 heteroatoms. The molecule has 2 rings (SSSR count). The number of likely N-dealkylation sites (N-methyl/N-ethyl adjacent to an activating group) is 1. The fraction of sp³-hybridized carbons (Fsp3) is 0.500. The van der Waals surface area contributed by atoms with E-state index < -0.39 is 11.6 Å². The van der Waals surface area contributed by atoms with Crippen molar-refractivity contribution in [2.24, 2.45) is 0 Å². The van der Waals surface area contributed by atoms with Crippen molar-refractivity contribution in [3.05, 3.63) is 29.8 Å². The topological polar surface area (TPSA) is 24.5 Å². The van der Waals surface area contributed by atoms with E-state index in [4.69, 9.17) is 4.74 Å². The summed E-state index contributed by atoms with van der Waals surface area (Å²) in [6.45, 7) is 2.86. The second-order valence-electron chi connectivity index (χ2n) is 4.26. The lowest BCUT2D eigenvalue weighted by Crippen LogP contribution is -2.43. The SMILES string of the molecule is CN1CCOC(CNc2cc(F)ccc2F)C1. The molecule has 1 unspecified atom stereocenters. The Morgan fingerprint density at radius 1 is 1.47 bits per heavy atom. The molecule has 1 aromatic carbocycles. The fourth-order valence-corrected chi connectivity index (χ4v) is 1.85. The van der Waals surface area contributed by atoms with Gasteiger partial charge in [-0.3, -0.25) is 0 Å². The van der Waals surface area contributed by atoms with Crippen molar-refractivity contribution in [3.8, 4) is 0 Å². The quantitative estimate of drug-likeness (QED) is 0.873. The van der Waals surface area contributed by atoms with E-state index in [0.29, 0.717) is 13.2 Å². The number of rotatable bonds is 3. The molecule has 0 spiro atoms. The van der Waals surface area contributed by atoms with Crippen LogP contribution in [-0.2, 0) is 4.74 Å². The Bertz CT molecular complexity index is 387. The second kappa shape index (κ2) is 5.42. The fourth-order valence-electron chi connectivity index (χ4n) is 1.85. The van der Waals surface area contributed by atoms with Gasteiger partial charge in [0, 0.05) is 19.6 Å². The van der Waals surface area contributed by atoms with Crippen LogP contribution < -0.4 is 5.32 Å². The van der Waals surface area contributed by atoms with Crippen LogP contribution >= 0.6 is 0 Å². The first-order valence-electron chi connectivity index (χ1n) is 5.64. The van der Waals surface area contributed by atoms with Gasteiger partial charge < -0.3 is 15.0 Å². The minimum Gasteiger partial charge on any atom is -0.380 e. The van der Waals surface area contributed by atoms with Gasteiger partial charge in [0.25, 0.3) is 0 Å². The Kier molecular flexibility index (Phi) is 3.91. The summed E-state index contributed by atoms with van der Waals surface area (Å²) in [4.78, 5) is 2.15. The van der Waals surface area contributed by atoms with Crippen LogP contribution in [-0.4, -0.2) is 44.3 Å². The summed E-state index contributed by atoms with van der Waals surface area (Å²) < 4.78 is 31.8. The van der Waals surface area contributed by atoms with Crippen molar-refractivity contribution in [3.63, 3.8) is 0 Å². The van der Waals surface area contributed by atoms with Crippen molar-refractivity contribution in [1.82, 2.24) is 4.90 Å². The third-order valence-corrected chi connectivity index (χ3v) is 2.79. The van der Waals surface area contributed by atoms with E-state index >= 15 is 0 Å². The number of nitrogens with one attached hydrogen (secondary N) is 1. The number of morpholine rings is 1. The second-order valence-corrected chi connectivity index (χ2v) is 4.26. The summed E-state index contributed by atoms with van der Waals surface area (Å²) in [7, 11) is 2.01. The molecule has 0 bridgehead atoms. The lowest BCUT2D eigenvalue weighted by Gasteiger charge is -2.30. The average Bonchev–Trinajstić information content (AvgIpc) is 2.30. The van der Waals surface area contributed by atoms with Crippen LogP contribution in [0.3, 0.4) is 0 Å². The van der Waals surface area contributed by atoms with E-state index in [1.807, 2.05) is 7.05 Å². The first kappa shape index (κ1) is 12.3. The van der Waals surface area contributed by atoms with Gasteiger partial charge in [-0.25, -0.2) is 8.78 Å². The summed E-state index contributed by atoms with van der Waals surface area (Å²) in [5.74, 6) is -0.897. The maximum atomic E-state index is 13.3. The minimum absolute atomic E-state index is 0.0106. The van der Waals surface area contributed by atoms with Crippen LogP contribution in [0.4, 0.5) is 14.5 Å². The molecule has 94 valence electrons. The number of halogens is 2. The molecule has 3 nitrogen and oxygen atoms in total. The molecule has 0 aliphatic carbocycles.